The highest BCUT2D eigenvalue weighted by molar-refractivity contribution is 7.92. The molecule has 9 heteroatoms. The number of likely N-dealkylation sites (tertiary alicyclic amines) is 1. The van der Waals surface area contributed by atoms with Crippen molar-refractivity contribution in [2.45, 2.75) is 87.2 Å². The van der Waals surface area contributed by atoms with Crippen LogP contribution in [-0.4, -0.2) is 68.5 Å². The van der Waals surface area contributed by atoms with Crippen molar-refractivity contribution in [3.63, 3.8) is 0 Å². The van der Waals surface area contributed by atoms with Crippen LogP contribution in [-0.2, 0) is 35.4 Å². The number of hydrogen-bond donors (Lipinski definition) is 0. The van der Waals surface area contributed by atoms with E-state index < -0.39 is 45.2 Å². The van der Waals surface area contributed by atoms with Crippen molar-refractivity contribution in [1.29, 1.82) is 0 Å². The third-order valence-corrected chi connectivity index (χ3v) is 9.00. The first-order valence-electron chi connectivity index (χ1n) is 13.3. The topological polar surface area (TPSA) is 91.4 Å². The zero-order valence-corrected chi connectivity index (χ0v) is 23.3. The molecular weight excluding hydrogens is 506 g/mol. The van der Waals surface area contributed by atoms with Gasteiger partial charge in [0.05, 0.1) is 42.0 Å². The first kappa shape index (κ1) is 28.5. The normalized spacial score (nSPS) is 24.3. The van der Waals surface area contributed by atoms with Crippen molar-refractivity contribution < 1.29 is 32.2 Å². The molecule has 2 saturated heterocycles. The molecule has 0 bridgehead atoms. The van der Waals surface area contributed by atoms with Crippen LogP contribution in [0, 0.1) is 0 Å². The molecule has 208 valence electrons. The fourth-order valence-electron chi connectivity index (χ4n) is 4.98. The van der Waals surface area contributed by atoms with Crippen LogP contribution in [0.3, 0.4) is 0 Å². The summed E-state index contributed by atoms with van der Waals surface area (Å²) in [4.78, 5) is 15.3. The van der Waals surface area contributed by atoms with E-state index in [4.69, 9.17) is 18.9 Å². The van der Waals surface area contributed by atoms with Crippen LogP contribution in [0.5, 0.6) is 0 Å². The van der Waals surface area contributed by atoms with Gasteiger partial charge in [-0.2, -0.15) is 0 Å². The summed E-state index contributed by atoms with van der Waals surface area (Å²) in [5.41, 5.74) is 0.248. The van der Waals surface area contributed by atoms with Gasteiger partial charge in [-0.1, -0.05) is 48.5 Å². The Balaban J connectivity index is 1.61. The lowest BCUT2D eigenvalue weighted by molar-refractivity contribution is -0.169. The Morgan fingerprint density at radius 2 is 1.68 bits per heavy atom. The van der Waals surface area contributed by atoms with Crippen LogP contribution in [0.1, 0.15) is 52.0 Å². The number of sulfone groups is 1. The Labute approximate surface area is 226 Å². The SMILES string of the molecule is CC(C)(C)OC(=O)N1[C@H](COCc2ccccc2)CC(S(=O)(=O)c2ccccc2)[C@H]1COC1CCCCO1. The zero-order chi connectivity index (χ0) is 27.2. The Morgan fingerprint density at radius 1 is 1.00 bits per heavy atom. The Bertz CT molecular complexity index is 1130. The molecule has 0 spiro atoms. The van der Waals surface area contributed by atoms with Crippen molar-refractivity contribution in [1.82, 2.24) is 4.90 Å². The van der Waals surface area contributed by atoms with E-state index in [-0.39, 0.29) is 24.5 Å². The van der Waals surface area contributed by atoms with Crippen LogP contribution in [0.4, 0.5) is 4.79 Å². The third-order valence-electron chi connectivity index (χ3n) is 6.77. The van der Waals surface area contributed by atoms with E-state index in [0.29, 0.717) is 13.2 Å². The fourth-order valence-corrected chi connectivity index (χ4v) is 6.96. The molecule has 2 unspecified atom stereocenters. The second-order valence-corrected chi connectivity index (χ2v) is 13.0. The lowest BCUT2D eigenvalue weighted by atomic mass is 10.2. The lowest BCUT2D eigenvalue weighted by Gasteiger charge is -2.34. The number of hydrogen-bond acceptors (Lipinski definition) is 7. The molecule has 8 nitrogen and oxygen atoms in total. The predicted octanol–water partition coefficient (Wildman–Crippen LogP) is 4.97. The maximum Gasteiger partial charge on any atom is 0.410 e. The molecular formula is C29H39NO7S. The van der Waals surface area contributed by atoms with Crippen molar-refractivity contribution in [3.8, 4) is 0 Å². The molecule has 2 aromatic carbocycles. The molecule has 2 aliphatic heterocycles. The molecule has 38 heavy (non-hydrogen) atoms. The van der Waals surface area contributed by atoms with Crippen LogP contribution >= 0.6 is 0 Å². The zero-order valence-electron chi connectivity index (χ0n) is 22.5. The smallest absolute Gasteiger partial charge is 0.410 e. The third kappa shape index (κ3) is 7.34. The van der Waals surface area contributed by atoms with Crippen molar-refractivity contribution in [3.05, 3.63) is 66.2 Å². The minimum absolute atomic E-state index is 0.0236. The van der Waals surface area contributed by atoms with E-state index in [1.165, 1.54) is 4.90 Å². The molecule has 0 radical (unpaired) electrons. The van der Waals surface area contributed by atoms with Gasteiger partial charge >= 0.3 is 6.09 Å². The van der Waals surface area contributed by atoms with Gasteiger partial charge in [-0.15, -0.1) is 0 Å². The Hall–Kier alpha value is -2.46. The quantitative estimate of drug-likeness (QED) is 0.440. The average Bonchev–Trinajstić information content (AvgIpc) is 3.27. The van der Waals surface area contributed by atoms with E-state index in [1.807, 2.05) is 30.3 Å². The first-order chi connectivity index (χ1) is 18.1. The largest absolute Gasteiger partial charge is 0.444 e. The second-order valence-electron chi connectivity index (χ2n) is 10.9. The molecule has 2 aliphatic rings. The first-order valence-corrected chi connectivity index (χ1v) is 14.8. The van der Waals surface area contributed by atoms with E-state index in [2.05, 4.69) is 0 Å². The Kier molecular flexibility index (Phi) is 9.46. The highest BCUT2D eigenvalue weighted by Crippen LogP contribution is 2.35. The minimum atomic E-state index is -3.79. The standard InChI is InChI=1S/C29H39NO7S/c1-29(2,3)37-28(31)30-23(20-34-19-22-12-6-4-7-13-22)18-26(38(32,33)24-14-8-5-9-15-24)25(30)21-36-27-16-10-11-17-35-27/h4-9,12-15,23,25-27H,10-11,16-21H2,1-3H3/t23-,25+,26?,27?/m0/s1. The molecule has 4 atom stereocenters. The molecule has 2 heterocycles. The summed E-state index contributed by atoms with van der Waals surface area (Å²) in [6, 6.07) is 16.8. The van der Waals surface area contributed by atoms with Crippen LogP contribution in [0.2, 0.25) is 0 Å². The number of carbonyl (C=O) groups excluding carboxylic acids is 1. The summed E-state index contributed by atoms with van der Waals surface area (Å²) in [5, 5.41) is -0.883. The predicted molar refractivity (Wildman–Crippen MR) is 143 cm³/mol. The average molecular weight is 546 g/mol. The van der Waals surface area contributed by atoms with E-state index in [1.54, 1.807) is 51.1 Å². The fraction of sp³-hybridized carbons (Fsp3) is 0.552. The summed E-state index contributed by atoms with van der Waals surface area (Å²) in [7, 11) is -3.79. The monoisotopic (exact) mass is 545 g/mol. The second kappa shape index (κ2) is 12.6. The van der Waals surface area contributed by atoms with Gasteiger partial charge in [0.25, 0.3) is 0 Å². The molecule has 1 amide bonds. The van der Waals surface area contributed by atoms with E-state index >= 15 is 0 Å². The number of ether oxygens (including phenoxy) is 4. The molecule has 0 saturated carbocycles. The van der Waals surface area contributed by atoms with Gasteiger partial charge in [0.2, 0.25) is 0 Å². The van der Waals surface area contributed by atoms with Crippen LogP contribution in [0.25, 0.3) is 0 Å². The minimum Gasteiger partial charge on any atom is -0.444 e. The van der Waals surface area contributed by atoms with Gasteiger partial charge in [-0.05, 0) is 64.2 Å². The summed E-state index contributed by atoms with van der Waals surface area (Å²) in [6.07, 6.45) is 1.91. The van der Waals surface area contributed by atoms with Gasteiger partial charge in [0.15, 0.2) is 16.1 Å². The van der Waals surface area contributed by atoms with Crippen LogP contribution < -0.4 is 0 Å². The van der Waals surface area contributed by atoms with Gasteiger partial charge in [-0.3, -0.25) is 4.90 Å². The number of amides is 1. The summed E-state index contributed by atoms with van der Waals surface area (Å²) in [5.74, 6) is 0. The van der Waals surface area contributed by atoms with Crippen molar-refractivity contribution in [2.75, 3.05) is 19.8 Å². The van der Waals surface area contributed by atoms with Gasteiger partial charge in [-0.25, -0.2) is 13.2 Å². The highest BCUT2D eigenvalue weighted by Gasteiger charge is 2.51. The maximum atomic E-state index is 13.9. The van der Waals surface area contributed by atoms with E-state index in [9.17, 15) is 13.2 Å². The highest BCUT2D eigenvalue weighted by atomic mass is 32.2. The molecule has 0 N–H and O–H groups in total. The van der Waals surface area contributed by atoms with Gasteiger partial charge < -0.3 is 18.9 Å². The van der Waals surface area contributed by atoms with Gasteiger partial charge in [0, 0.05) is 6.61 Å². The molecule has 0 aliphatic carbocycles. The van der Waals surface area contributed by atoms with E-state index in [0.717, 1.165) is 24.8 Å². The summed E-state index contributed by atoms with van der Waals surface area (Å²) in [6.45, 7) is 6.53. The van der Waals surface area contributed by atoms with Crippen molar-refractivity contribution >= 4 is 15.9 Å². The van der Waals surface area contributed by atoms with Gasteiger partial charge in [0.1, 0.15) is 5.60 Å². The van der Waals surface area contributed by atoms with Crippen molar-refractivity contribution in [2.24, 2.45) is 0 Å². The Morgan fingerprint density at radius 3 is 2.32 bits per heavy atom. The molecule has 4 rings (SSSR count). The molecule has 2 aromatic rings. The number of benzene rings is 2. The van der Waals surface area contributed by atoms with Crippen LogP contribution in [0.15, 0.2) is 65.6 Å². The number of nitrogens with zero attached hydrogens (tertiary/aromatic N) is 1. The summed E-state index contributed by atoms with van der Waals surface area (Å²) >= 11 is 0. The number of rotatable bonds is 9. The summed E-state index contributed by atoms with van der Waals surface area (Å²) < 4.78 is 51.3. The molecule has 2 fully saturated rings. The lowest BCUT2D eigenvalue weighted by Crippen LogP contribution is -2.50. The molecule has 0 aromatic heterocycles. The number of carbonyl (C=O) groups is 1. The maximum absolute atomic E-state index is 13.9.